The van der Waals surface area contributed by atoms with E-state index in [1.54, 1.807) is 30.2 Å². The Morgan fingerprint density at radius 1 is 1.00 bits per heavy atom. The smallest absolute Gasteiger partial charge is 0.256 e. The van der Waals surface area contributed by atoms with E-state index in [2.05, 4.69) is 4.90 Å². The van der Waals surface area contributed by atoms with Crippen molar-refractivity contribution in [2.75, 3.05) is 57.9 Å². The fourth-order valence-electron chi connectivity index (χ4n) is 4.12. The molecule has 2 fully saturated rings. The topological polar surface area (TPSA) is 62.3 Å². The fourth-order valence-corrected chi connectivity index (χ4v) is 4.29. The number of carbonyl (C=O) groups is 2. The Morgan fingerprint density at radius 3 is 2.38 bits per heavy atom. The maximum atomic E-state index is 13.2. The van der Waals surface area contributed by atoms with Gasteiger partial charge in [-0.1, -0.05) is 11.6 Å². The van der Waals surface area contributed by atoms with Gasteiger partial charge >= 0.3 is 0 Å². The van der Waals surface area contributed by atoms with Gasteiger partial charge in [0, 0.05) is 50.7 Å². The molecular weight excluding hydrogens is 430 g/mol. The van der Waals surface area contributed by atoms with Crippen LogP contribution in [0.15, 0.2) is 42.5 Å². The van der Waals surface area contributed by atoms with Crippen LogP contribution in [0.3, 0.4) is 0 Å². The molecule has 2 aromatic rings. The zero-order chi connectivity index (χ0) is 22.5. The summed E-state index contributed by atoms with van der Waals surface area (Å²) in [6.07, 6.45) is 1.31. The summed E-state index contributed by atoms with van der Waals surface area (Å²) in [5.74, 6) is 1.61. The molecule has 32 heavy (non-hydrogen) atoms. The highest BCUT2D eigenvalue weighted by atomic mass is 35.5. The molecule has 0 atom stereocenters. The average molecular weight is 458 g/mol. The summed E-state index contributed by atoms with van der Waals surface area (Å²) in [7, 11) is 1.64. The van der Waals surface area contributed by atoms with E-state index in [1.165, 1.54) is 0 Å². The number of rotatable bonds is 7. The average Bonchev–Trinajstić information content (AvgIpc) is 3.25. The van der Waals surface area contributed by atoms with Crippen LogP contribution in [0, 0.1) is 0 Å². The first-order valence-corrected chi connectivity index (χ1v) is 11.3. The van der Waals surface area contributed by atoms with Crippen LogP contribution in [0.1, 0.15) is 23.2 Å². The molecule has 2 aliphatic rings. The van der Waals surface area contributed by atoms with Gasteiger partial charge in [-0.3, -0.25) is 14.5 Å². The van der Waals surface area contributed by atoms with Crippen molar-refractivity contribution in [3.05, 3.63) is 53.1 Å². The van der Waals surface area contributed by atoms with Gasteiger partial charge in [0.05, 0.1) is 18.4 Å². The number of piperazine rings is 1. The first kappa shape index (κ1) is 22.4. The predicted octanol–water partition coefficient (Wildman–Crippen LogP) is 3.31. The number of hydrogen-bond acceptors (Lipinski definition) is 5. The van der Waals surface area contributed by atoms with Crippen molar-refractivity contribution >= 4 is 29.1 Å². The Balaban J connectivity index is 1.30. The summed E-state index contributed by atoms with van der Waals surface area (Å²) in [4.78, 5) is 31.3. The van der Waals surface area contributed by atoms with Gasteiger partial charge in [0.1, 0.15) is 18.1 Å². The third-order valence-corrected chi connectivity index (χ3v) is 6.18. The first-order chi connectivity index (χ1) is 15.5. The van der Waals surface area contributed by atoms with Gasteiger partial charge in [0.25, 0.3) is 5.91 Å². The number of benzene rings is 2. The van der Waals surface area contributed by atoms with E-state index < -0.39 is 0 Å². The summed E-state index contributed by atoms with van der Waals surface area (Å²) < 4.78 is 11.0. The number of hydrogen-bond donors (Lipinski definition) is 0. The fraction of sp³-hybridized carbons (Fsp3) is 0.417. The van der Waals surface area contributed by atoms with Gasteiger partial charge in [-0.25, -0.2) is 0 Å². The number of amides is 2. The highest BCUT2D eigenvalue weighted by Crippen LogP contribution is 2.30. The molecule has 2 heterocycles. The van der Waals surface area contributed by atoms with Crippen molar-refractivity contribution in [2.24, 2.45) is 0 Å². The summed E-state index contributed by atoms with van der Waals surface area (Å²) in [6, 6.07) is 12.7. The molecule has 2 saturated heterocycles. The van der Waals surface area contributed by atoms with Crippen molar-refractivity contribution < 1.29 is 19.1 Å². The maximum Gasteiger partial charge on any atom is 0.256 e. The van der Waals surface area contributed by atoms with Crippen LogP contribution in [0.5, 0.6) is 11.5 Å². The van der Waals surface area contributed by atoms with E-state index in [1.807, 2.05) is 29.2 Å². The van der Waals surface area contributed by atoms with E-state index >= 15 is 0 Å². The van der Waals surface area contributed by atoms with Gasteiger partial charge < -0.3 is 19.3 Å². The molecule has 2 aliphatic heterocycles. The zero-order valence-electron chi connectivity index (χ0n) is 18.3. The Labute approximate surface area is 193 Å². The first-order valence-electron chi connectivity index (χ1n) is 10.9. The van der Waals surface area contributed by atoms with Crippen molar-refractivity contribution in [1.82, 2.24) is 9.80 Å². The molecule has 0 unspecified atom stereocenters. The Hall–Kier alpha value is -2.77. The molecule has 0 aliphatic carbocycles. The summed E-state index contributed by atoms with van der Waals surface area (Å²) >= 11 is 6.17. The van der Waals surface area contributed by atoms with E-state index in [-0.39, 0.29) is 11.8 Å². The highest BCUT2D eigenvalue weighted by Gasteiger charge is 2.29. The molecule has 2 aromatic carbocycles. The molecule has 0 bridgehead atoms. The minimum Gasteiger partial charge on any atom is -0.497 e. The van der Waals surface area contributed by atoms with Gasteiger partial charge in [-0.15, -0.1) is 0 Å². The molecule has 0 saturated carbocycles. The summed E-state index contributed by atoms with van der Waals surface area (Å²) in [5, 5.41) is 0.526. The number of carbonyl (C=O) groups excluding carboxylic acids is 2. The Bertz CT molecular complexity index is 958. The Morgan fingerprint density at radius 2 is 1.72 bits per heavy atom. The maximum absolute atomic E-state index is 13.2. The number of ether oxygens (including phenoxy) is 2. The normalized spacial score (nSPS) is 17.0. The molecule has 8 heteroatoms. The monoisotopic (exact) mass is 457 g/mol. The lowest BCUT2D eigenvalue weighted by atomic mass is 10.1. The molecular formula is C24H28ClN3O4. The van der Waals surface area contributed by atoms with E-state index in [9.17, 15) is 9.59 Å². The van der Waals surface area contributed by atoms with Crippen LogP contribution in [0.2, 0.25) is 5.02 Å². The van der Waals surface area contributed by atoms with Crippen LogP contribution < -0.4 is 14.4 Å². The summed E-state index contributed by atoms with van der Waals surface area (Å²) in [6.45, 7) is 4.84. The third kappa shape index (κ3) is 5.16. The Kier molecular flexibility index (Phi) is 7.17. The highest BCUT2D eigenvalue weighted by molar-refractivity contribution is 6.31. The molecule has 4 rings (SSSR count). The molecule has 0 aromatic heterocycles. The zero-order valence-corrected chi connectivity index (χ0v) is 19.0. The lowest BCUT2D eigenvalue weighted by molar-refractivity contribution is -0.117. The van der Waals surface area contributed by atoms with Crippen LogP contribution in [0.4, 0.5) is 5.69 Å². The van der Waals surface area contributed by atoms with Crippen LogP contribution in [0.25, 0.3) is 0 Å². The van der Waals surface area contributed by atoms with E-state index in [0.717, 1.165) is 37.6 Å². The van der Waals surface area contributed by atoms with Gasteiger partial charge in [0.15, 0.2) is 0 Å². The van der Waals surface area contributed by atoms with E-state index in [4.69, 9.17) is 21.1 Å². The van der Waals surface area contributed by atoms with Crippen molar-refractivity contribution in [2.45, 2.75) is 12.8 Å². The van der Waals surface area contributed by atoms with Crippen LogP contribution in [-0.4, -0.2) is 74.6 Å². The molecule has 0 radical (unpaired) electrons. The minimum atomic E-state index is -0.0505. The van der Waals surface area contributed by atoms with Crippen molar-refractivity contribution in [3.63, 3.8) is 0 Å². The lowest BCUT2D eigenvalue weighted by Gasteiger charge is -2.35. The molecule has 2 amide bonds. The standard InChI is InChI=1S/C24H28ClN3O4/c1-31-19-5-7-20(8-6-19)32-16-15-26-11-13-27(14-12-26)24(30)21-9-4-18(25)17-22(21)28-10-2-3-23(28)29/h4-9,17H,2-3,10-16H2,1H3. The van der Waals surface area contributed by atoms with Crippen LogP contribution in [-0.2, 0) is 4.79 Å². The van der Waals surface area contributed by atoms with Gasteiger partial charge in [0.2, 0.25) is 5.91 Å². The quantitative estimate of drug-likeness (QED) is 0.638. The van der Waals surface area contributed by atoms with Crippen molar-refractivity contribution in [1.29, 1.82) is 0 Å². The number of anilines is 1. The second-order valence-corrected chi connectivity index (χ2v) is 8.40. The number of nitrogens with zero attached hydrogens (tertiary/aromatic N) is 3. The predicted molar refractivity (Wildman–Crippen MR) is 124 cm³/mol. The second kappa shape index (κ2) is 10.2. The van der Waals surface area contributed by atoms with Gasteiger partial charge in [-0.2, -0.15) is 0 Å². The second-order valence-electron chi connectivity index (χ2n) is 7.97. The molecule has 7 nitrogen and oxygen atoms in total. The number of halogens is 1. The SMILES string of the molecule is COc1ccc(OCCN2CCN(C(=O)c3ccc(Cl)cc3N3CCCC3=O)CC2)cc1. The van der Waals surface area contributed by atoms with E-state index in [0.29, 0.717) is 48.9 Å². The number of methoxy groups -OCH3 is 1. The molecule has 170 valence electrons. The minimum absolute atomic E-state index is 0.0444. The van der Waals surface area contributed by atoms with Crippen LogP contribution >= 0.6 is 11.6 Å². The molecule has 0 spiro atoms. The largest absolute Gasteiger partial charge is 0.497 e. The summed E-state index contributed by atoms with van der Waals surface area (Å²) in [5.41, 5.74) is 1.17. The third-order valence-electron chi connectivity index (χ3n) is 5.95. The lowest BCUT2D eigenvalue weighted by Crippen LogP contribution is -2.49. The van der Waals surface area contributed by atoms with Gasteiger partial charge in [-0.05, 0) is 48.9 Å². The van der Waals surface area contributed by atoms with Crippen molar-refractivity contribution in [3.8, 4) is 11.5 Å². The molecule has 0 N–H and O–H groups in total.